The van der Waals surface area contributed by atoms with E-state index in [0.29, 0.717) is 30.8 Å². The smallest absolute Gasteiger partial charge is 0.338 e. The Morgan fingerprint density at radius 2 is 1.74 bits per heavy atom. The van der Waals surface area contributed by atoms with Gasteiger partial charge in [0.05, 0.1) is 18.2 Å². The van der Waals surface area contributed by atoms with Crippen LogP contribution < -0.4 is 5.56 Å². The van der Waals surface area contributed by atoms with Crippen molar-refractivity contribution in [2.75, 3.05) is 6.61 Å². The zero-order valence-corrected chi connectivity index (χ0v) is 26.9. The molecule has 1 aliphatic heterocycles. The van der Waals surface area contributed by atoms with Gasteiger partial charge in [-0.1, -0.05) is 80.4 Å². The SMILES string of the molecule is CCCCCc1c(Cc2ccc(-c3ccccc3-c3nn[nH]n3)cc2)c(=O)n2n1C(C)CCC2Cc1cccc(C(=O)OCC)c1. The number of hydrogen-bond donors (Lipinski definition) is 1. The van der Waals surface area contributed by atoms with Gasteiger partial charge in [0.2, 0.25) is 5.82 Å². The van der Waals surface area contributed by atoms with Gasteiger partial charge in [0, 0.05) is 29.3 Å². The summed E-state index contributed by atoms with van der Waals surface area (Å²) >= 11 is 0. The van der Waals surface area contributed by atoms with Crippen LogP contribution in [0.4, 0.5) is 0 Å². The number of esters is 1. The fourth-order valence-corrected chi connectivity index (χ4v) is 6.82. The normalized spacial score (nSPS) is 15.9. The molecule has 0 bridgehead atoms. The highest BCUT2D eigenvalue weighted by Gasteiger charge is 2.31. The number of carbonyl (C=O) groups is 1. The maximum atomic E-state index is 14.4. The van der Waals surface area contributed by atoms with E-state index in [1.54, 1.807) is 6.07 Å². The summed E-state index contributed by atoms with van der Waals surface area (Å²) in [6.45, 7) is 6.60. The van der Waals surface area contributed by atoms with Crippen LogP contribution in [-0.4, -0.2) is 42.6 Å². The molecular formula is C37H42N6O3. The molecule has 6 rings (SSSR count). The topological polar surface area (TPSA) is 108 Å². The quantitative estimate of drug-likeness (QED) is 0.118. The highest BCUT2D eigenvalue weighted by Crippen LogP contribution is 2.34. The number of fused-ring (bicyclic) bond motifs is 1. The van der Waals surface area contributed by atoms with E-state index < -0.39 is 0 Å². The summed E-state index contributed by atoms with van der Waals surface area (Å²) in [5.74, 6) is 0.243. The van der Waals surface area contributed by atoms with Crippen molar-refractivity contribution in [1.29, 1.82) is 0 Å². The number of carbonyl (C=O) groups excluding carboxylic acids is 1. The van der Waals surface area contributed by atoms with E-state index >= 15 is 0 Å². The van der Waals surface area contributed by atoms with E-state index in [-0.39, 0.29) is 23.6 Å². The van der Waals surface area contributed by atoms with Crippen molar-refractivity contribution < 1.29 is 9.53 Å². The predicted octanol–water partition coefficient (Wildman–Crippen LogP) is 7.14. The number of benzene rings is 3. The molecular weight excluding hydrogens is 576 g/mol. The maximum absolute atomic E-state index is 14.4. The van der Waals surface area contributed by atoms with Gasteiger partial charge in [0.15, 0.2) is 0 Å². The Morgan fingerprint density at radius 3 is 2.48 bits per heavy atom. The van der Waals surface area contributed by atoms with Crippen LogP contribution in [0.5, 0.6) is 0 Å². The molecule has 0 spiro atoms. The molecule has 0 fully saturated rings. The first-order chi connectivity index (χ1) is 22.5. The second-order valence-corrected chi connectivity index (χ2v) is 12.2. The number of ether oxygens (including phenoxy) is 1. The molecule has 2 unspecified atom stereocenters. The van der Waals surface area contributed by atoms with Gasteiger partial charge < -0.3 is 4.74 Å². The molecule has 2 aromatic heterocycles. The Bertz CT molecular complexity index is 1840. The van der Waals surface area contributed by atoms with Crippen molar-refractivity contribution in [3.8, 4) is 22.5 Å². The Labute approximate surface area is 269 Å². The fourth-order valence-electron chi connectivity index (χ4n) is 6.82. The number of H-pyrrole nitrogens is 1. The van der Waals surface area contributed by atoms with Gasteiger partial charge in [-0.3, -0.25) is 9.48 Å². The standard InChI is InChI=1S/C37H42N6O3/c1-4-6-7-15-34-33(24-26-17-19-28(20-18-26)31-13-8-9-14-32(31)35-38-40-41-39-35)36(44)43-30(21-16-25(3)42(34)43)23-27-11-10-12-29(22-27)37(45)46-5-2/h8-14,17-20,22,25,30H,4-7,15-16,21,23-24H2,1-3H3,(H,38,39,40,41). The molecule has 0 saturated heterocycles. The van der Waals surface area contributed by atoms with Gasteiger partial charge >= 0.3 is 5.97 Å². The molecule has 9 nitrogen and oxygen atoms in total. The third kappa shape index (κ3) is 6.45. The minimum absolute atomic E-state index is 0.0174. The minimum atomic E-state index is -0.313. The first-order valence-electron chi connectivity index (χ1n) is 16.5. The molecule has 0 aliphatic carbocycles. The molecule has 3 aromatic carbocycles. The summed E-state index contributed by atoms with van der Waals surface area (Å²) in [7, 11) is 0. The van der Waals surface area contributed by atoms with Gasteiger partial charge in [0.25, 0.3) is 5.56 Å². The molecule has 0 saturated carbocycles. The fraction of sp³-hybridized carbons (Fsp3) is 0.378. The molecule has 0 radical (unpaired) electrons. The number of aromatic amines is 1. The van der Waals surface area contributed by atoms with Crippen LogP contribution in [0.15, 0.2) is 77.6 Å². The second-order valence-electron chi connectivity index (χ2n) is 12.2. The molecule has 3 heterocycles. The average molecular weight is 619 g/mol. The largest absolute Gasteiger partial charge is 0.462 e. The molecule has 5 aromatic rings. The second kappa shape index (κ2) is 14.1. The van der Waals surface area contributed by atoms with Crippen molar-refractivity contribution in [3.05, 3.63) is 111 Å². The van der Waals surface area contributed by atoms with E-state index in [9.17, 15) is 9.59 Å². The Kier molecular flexibility index (Phi) is 9.57. The van der Waals surface area contributed by atoms with E-state index in [0.717, 1.165) is 71.9 Å². The van der Waals surface area contributed by atoms with Crippen LogP contribution in [0, 0.1) is 0 Å². The number of hydrogen-bond acceptors (Lipinski definition) is 6. The highest BCUT2D eigenvalue weighted by molar-refractivity contribution is 5.89. The van der Waals surface area contributed by atoms with Crippen LogP contribution in [0.1, 0.15) is 97.7 Å². The van der Waals surface area contributed by atoms with Crippen LogP contribution in [0.2, 0.25) is 0 Å². The van der Waals surface area contributed by atoms with Crippen molar-refractivity contribution in [3.63, 3.8) is 0 Å². The Balaban J connectivity index is 1.32. The summed E-state index contributed by atoms with van der Waals surface area (Å²) in [6.07, 6.45) is 7.38. The van der Waals surface area contributed by atoms with Crippen molar-refractivity contribution in [1.82, 2.24) is 30.0 Å². The monoisotopic (exact) mass is 618 g/mol. The first kappa shape index (κ1) is 31.2. The van der Waals surface area contributed by atoms with Crippen molar-refractivity contribution in [2.24, 2.45) is 0 Å². The van der Waals surface area contributed by atoms with Crippen LogP contribution in [0.3, 0.4) is 0 Å². The van der Waals surface area contributed by atoms with E-state index in [4.69, 9.17) is 4.74 Å². The molecule has 1 aliphatic rings. The number of nitrogens with one attached hydrogen (secondary N) is 1. The third-order valence-electron chi connectivity index (χ3n) is 9.09. The maximum Gasteiger partial charge on any atom is 0.338 e. The molecule has 1 N–H and O–H groups in total. The Morgan fingerprint density at radius 1 is 0.935 bits per heavy atom. The summed E-state index contributed by atoms with van der Waals surface area (Å²) in [4.78, 5) is 26.8. The minimum Gasteiger partial charge on any atom is -0.462 e. The molecule has 0 amide bonds. The molecule has 238 valence electrons. The molecule has 2 atom stereocenters. The first-order valence-corrected chi connectivity index (χ1v) is 16.5. The summed E-state index contributed by atoms with van der Waals surface area (Å²) in [5.41, 5.74) is 7.86. The number of unbranched alkanes of at least 4 members (excludes halogenated alkanes) is 2. The lowest BCUT2D eigenvalue weighted by Gasteiger charge is -2.33. The van der Waals surface area contributed by atoms with Gasteiger partial charge in [-0.25, -0.2) is 9.48 Å². The molecule has 46 heavy (non-hydrogen) atoms. The van der Waals surface area contributed by atoms with E-state index in [1.807, 2.05) is 48.0 Å². The van der Waals surface area contributed by atoms with Gasteiger partial charge in [-0.15, -0.1) is 10.2 Å². The van der Waals surface area contributed by atoms with Crippen molar-refractivity contribution in [2.45, 2.75) is 84.2 Å². The molecule has 9 heteroatoms. The lowest BCUT2D eigenvalue weighted by molar-refractivity contribution is 0.0526. The zero-order valence-electron chi connectivity index (χ0n) is 26.9. The van der Waals surface area contributed by atoms with Crippen molar-refractivity contribution >= 4 is 5.97 Å². The Hall–Kier alpha value is -4.79. The number of nitrogens with zero attached hydrogens (tertiary/aromatic N) is 5. The lowest BCUT2D eigenvalue weighted by Crippen LogP contribution is -2.35. The number of tetrazole rings is 1. The van der Waals surface area contributed by atoms with Gasteiger partial charge in [-0.2, -0.15) is 5.21 Å². The van der Waals surface area contributed by atoms with Crippen LogP contribution in [0.25, 0.3) is 22.5 Å². The summed E-state index contributed by atoms with van der Waals surface area (Å²) < 4.78 is 9.58. The van der Waals surface area contributed by atoms with Gasteiger partial charge in [-0.05, 0) is 85.6 Å². The van der Waals surface area contributed by atoms with Crippen LogP contribution in [-0.2, 0) is 24.0 Å². The zero-order chi connectivity index (χ0) is 32.0. The van der Waals surface area contributed by atoms with Gasteiger partial charge in [0.1, 0.15) is 0 Å². The van der Waals surface area contributed by atoms with E-state index in [1.165, 1.54) is 5.69 Å². The summed E-state index contributed by atoms with van der Waals surface area (Å²) in [6, 6.07) is 24.4. The van der Waals surface area contributed by atoms with Crippen LogP contribution >= 0.6 is 0 Å². The average Bonchev–Trinajstić information content (AvgIpc) is 3.71. The third-order valence-corrected chi connectivity index (χ3v) is 9.09. The number of aromatic nitrogens is 6. The lowest BCUT2D eigenvalue weighted by atomic mass is 9.96. The summed E-state index contributed by atoms with van der Waals surface area (Å²) in [5, 5.41) is 14.6. The van der Waals surface area contributed by atoms with E-state index in [2.05, 4.69) is 69.5 Å². The predicted molar refractivity (Wildman–Crippen MR) is 179 cm³/mol. The number of rotatable bonds is 12. The highest BCUT2D eigenvalue weighted by atomic mass is 16.5.